The second-order valence-corrected chi connectivity index (χ2v) is 9.14. The molecule has 0 aromatic carbocycles. The molecule has 3 rings (SSSR count). The van der Waals surface area contributed by atoms with Crippen molar-refractivity contribution in [3.63, 3.8) is 0 Å². The molecule has 2 atom stereocenters. The van der Waals surface area contributed by atoms with Crippen molar-refractivity contribution in [2.75, 3.05) is 12.4 Å². The first kappa shape index (κ1) is 20.7. The van der Waals surface area contributed by atoms with Gasteiger partial charge < -0.3 is 19.7 Å². The zero-order valence-electron chi connectivity index (χ0n) is 16.2. The molecule has 1 N–H and O–H groups in total. The summed E-state index contributed by atoms with van der Waals surface area (Å²) >= 11 is 2.54. The van der Waals surface area contributed by atoms with Crippen molar-refractivity contribution in [3.8, 4) is 5.95 Å². The summed E-state index contributed by atoms with van der Waals surface area (Å²) in [6, 6.07) is 0. The average molecular weight is 426 g/mol. The van der Waals surface area contributed by atoms with E-state index in [1.165, 1.54) is 23.1 Å². The highest BCUT2D eigenvalue weighted by atomic mass is 32.2. The van der Waals surface area contributed by atoms with Gasteiger partial charge in [0.2, 0.25) is 5.91 Å². The van der Waals surface area contributed by atoms with Crippen LogP contribution in [0.1, 0.15) is 47.5 Å². The van der Waals surface area contributed by atoms with Gasteiger partial charge in [-0.2, -0.15) is 0 Å². The molecule has 0 bridgehead atoms. The first-order valence-electron chi connectivity index (χ1n) is 9.09. The van der Waals surface area contributed by atoms with Crippen LogP contribution in [-0.4, -0.2) is 29.5 Å². The van der Waals surface area contributed by atoms with E-state index in [0.717, 1.165) is 41.5 Å². The summed E-state index contributed by atoms with van der Waals surface area (Å²) in [5.41, 5.74) is 1.45. The summed E-state index contributed by atoms with van der Waals surface area (Å²) in [6.45, 7) is 4.04. The van der Waals surface area contributed by atoms with Crippen LogP contribution in [0, 0.1) is 5.92 Å². The molecule has 0 saturated carbocycles. The predicted molar refractivity (Wildman–Crippen MR) is 103 cm³/mol. The fourth-order valence-corrected chi connectivity index (χ4v) is 5.56. The number of hydrogen-bond donors (Lipinski definition) is 1. The minimum absolute atomic E-state index is 0.259. The first-order chi connectivity index (χ1) is 13.3. The second kappa shape index (κ2) is 8.52. The van der Waals surface area contributed by atoms with Gasteiger partial charge in [0, 0.05) is 4.88 Å². The van der Waals surface area contributed by atoms with E-state index in [4.69, 9.17) is 4.74 Å². The topological polar surface area (TPSA) is 108 Å². The van der Waals surface area contributed by atoms with E-state index in [9.17, 15) is 14.7 Å². The summed E-state index contributed by atoms with van der Waals surface area (Å²) in [6.07, 6.45) is 3.19. The van der Waals surface area contributed by atoms with Gasteiger partial charge in [-0.05, 0) is 48.9 Å². The number of thioether (sulfide) groups is 1. The molecule has 0 radical (unpaired) electrons. The van der Waals surface area contributed by atoms with Crippen LogP contribution in [0.3, 0.4) is 0 Å². The van der Waals surface area contributed by atoms with Crippen LogP contribution >= 0.6 is 23.1 Å². The fourth-order valence-electron chi connectivity index (χ4n) is 3.24. The van der Waals surface area contributed by atoms with Crippen molar-refractivity contribution in [2.24, 2.45) is 13.0 Å². The summed E-state index contributed by atoms with van der Waals surface area (Å²) in [5.74, 6) is -0.738. The van der Waals surface area contributed by atoms with E-state index in [2.05, 4.69) is 22.0 Å². The highest BCUT2D eigenvalue weighted by Crippen LogP contribution is 2.40. The number of carbonyl (C=O) groups is 2. The molecular formula is C18H23N3O5S2. The van der Waals surface area contributed by atoms with Crippen LogP contribution in [0.15, 0.2) is 9.55 Å². The Morgan fingerprint density at radius 3 is 2.89 bits per heavy atom. The third kappa shape index (κ3) is 4.02. The maximum Gasteiger partial charge on any atom is 0.341 e. The molecule has 0 spiro atoms. The Kier molecular flexibility index (Phi) is 6.29. The lowest BCUT2D eigenvalue weighted by atomic mass is 9.88. The van der Waals surface area contributed by atoms with Crippen molar-refractivity contribution in [3.05, 3.63) is 16.0 Å². The van der Waals surface area contributed by atoms with Crippen LogP contribution < -0.4 is 15.1 Å². The number of nitrogens with one attached hydrogen (secondary N) is 1. The molecule has 28 heavy (non-hydrogen) atoms. The molecule has 1 aliphatic carbocycles. The lowest BCUT2D eigenvalue weighted by molar-refractivity contribution is -0.772. The van der Waals surface area contributed by atoms with E-state index < -0.39 is 17.2 Å². The Morgan fingerprint density at radius 2 is 2.29 bits per heavy atom. The molecule has 152 valence electrons. The molecule has 2 unspecified atom stereocenters. The van der Waals surface area contributed by atoms with Crippen molar-refractivity contribution in [1.29, 1.82) is 0 Å². The molecule has 8 nitrogen and oxygen atoms in total. The van der Waals surface area contributed by atoms with Gasteiger partial charge in [0.15, 0.2) is 13.0 Å². The number of hydrogen-bond acceptors (Lipinski definition) is 8. The molecule has 1 amide bonds. The third-order valence-corrected chi connectivity index (χ3v) is 7.43. The number of ether oxygens (including phenoxy) is 1. The number of aryl methyl sites for hydroxylation is 1. The van der Waals surface area contributed by atoms with Crippen molar-refractivity contribution in [1.82, 2.24) is 5.27 Å². The van der Waals surface area contributed by atoms with Crippen LogP contribution in [0.2, 0.25) is 0 Å². The van der Waals surface area contributed by atoms with Gasteiger partial charge in [-0.25, -0.2) is 4.79 Å². The molecule has 2 heterocycles. The van der Waals surface area contributed by atoms with Crippen molar-refractivity contribution >= 4 is 40.0 Å². The second-order valence-electron chi connectivity index (χ2n) is 6.84. The number of aromatic nitrogens is 2. The summed E-state index contributed by atoms with van der Waals surface area (Å²) in [4.78, 5) is 26.4. The zero-order valence-corrected chi connectivity index (χ0v) is 17.9. The number of thiophene rings is 1. The number of methoxy groups -OCH3 is 1. The van der Waals surface area contributed by atoms with Gasteiger partial charge in [-0.15, -0.1) is 11.3 Å². The van der Waals surface area contributed by atoms with Crippen LogP contribution in [0.5, 0.6) is 5.95 Å². The number of fused-ring (bicyclic) bond motifs is 1. The highest BCUT2D eigenvalue weighted by molar-refractivity contribution is 8.00. The van der Waals surface area contributed by atoms with Gasteiger partial charge in [0.25, 0.3) is 5.03 Å². The van der Waals surface area contributed by atoms with E-state index in [0.29, 0.717) is 22.9 Å². The van der Waals surface area contributed by atoms with Crippen LogP contribution in [0.25, 0.3) is 0 Å². The lowest BCUT2D eigenvalue weighted by Crippen LogP contribution is -2.34. The van der Waals surface area contributed by atoms with Crippen LogP contribution in [0.4, 0.5) is 5.00 Å². The smallest absolute Gasteiger partial charge is 0.341 e. The average Bonchev–Trinajstić information content (AvgIpc) is 3.18. The van der Waals surface area contributed by atoms with E-state index >= 15 is 0 Å². The number of anilines is 1. The molecule has 0 aliphatic heterocycles. The molecule has 2 aromatic heterocycles. The standard InChI is InChI=1S/C18H23N3O5S2/c1-5-11(28-16-18(24)26-20-21(16)3)14(22)19-15-13(17(23)25-4)10-7-6-9(2)8-12(10)27-15/h9,11H,5-8H2,1-4H3,(H-,19,20,22,23,24). The molecule has 1 aliphatic rings. The van der Waals surface area contributed by atoms with Gasteiger partial charge in [0.05, 0.1) is 23.2 Å². The maximum absolute atomic E-state index is 12.9. The number of rotatable bonds is 6. The van der Waals surface area contributed by atoms with Crippen LogP contribution in [-0.2, 0) is 29.4 Å². The first-order valence-corrected chi connectivity index (χ1v) is 10.8. The zero-order chi connectivity index (χ0) is 20.4. The number of nitrogens with zero attached hydrogens (tertiary/aromatic N) is 2. The minimum atomic E-state index is -0.574. The molecule has 0 fully saturated rings. The lowest BCUT2D eigenvalue weighted by Gasteiger charge is -2.18. The van der Waals surface area contributed by atoms with Crippen molar-refractivity contribution in [2.45, 2.75) is 49.8 Å². The number of carbonyl (C=O) groups excluding carboxylic acids is 2. The summed E-state index contributed by atoms with van der Waals surface area (Å²) < 4.78 is 10.9. The molecule has 2 aromatic rings. The largest absolute Gasteiger partial charge is 0.538 e. The van der Waals surface area contributed by atoms with Gasteiger partial charge in [-0.1, -0.05) is 18.5 Å². The quantitative estimate of drug-likeness (QED) is 0.429. The maximum atomic E-state index is 12.9. The summed E-state index contributed by atoms with van der Waals surface area (Å²) in [5, 5.41) is 18.5. The number of amides is 1. The SMILES string of the molecule is CCC(Sc1c([O-])on[n+]1C)C(=O)Nc1sc2c(c1C(=O)OC)CCC(C)C2. The molecule has 0 saturated heterocycles. The normalized spacial score (nSPS) is 17.1. The molecule has 10 heteroatoms. The Labute approximate surface area is 171 Å². The van der Waals surface area contributed by atoms with Gasteiger partial charge in [-0.3, -0.25) is 4.79 Å². The Hall–Kier alpha value is -2.07. The fraction of sp³-hybridized carbons (Fsp3) is 0.556. The van der Waals surface area contributed by atoms with E-state index in [-0.39, 0.29) is 10.9 Å². The van der Waals surface area contributed by atoms with E-state index in [1.807, 2.05) is 6.92 Å². The minimum Gasteiger partial charge on any atom is -0.538 e. The predicted octanol–water partition coefficient (Wildman–Crippen LogP) is 2.05. The van der Waals surface area contributed by atoms with Crippen molar-refractivity contribution < 1.29 is 28.6 Å². The van der Waals surface area contributed by atoms with E-state index in [1.54, 1.807) is 7.05 Å². The Morgan fingerprint density at radius 1 is 1.54 bits per heavy atom. The summed E-state index contributed by atoms with van der Waals surface area (Å²) in [7, 11) is 2.93. The van der Waals surface area contributed by atoms with Gasteiger partial charge in [0.1, 0.15) is 5.00 Å². The Balaban J connectivity index is 1.85. The molecular weight excluding hydrogens is 402 g/mol. The van der Waals surface area contributed by atoms with Gasteiger partial charge >= 0.3 is 5.97 Å². The highest BCUT2D eigenvalue weighted by Gasteiger charge is 2.31. The third-order valence-electron chi connectivity index (χ3n) is 4.77. The number of esters is 1. The Bertz CT molecular complexity index is 873. The monoisotopic (exact) mass is 425 g/mol.